The molecule has 0 N–H and O–H groups in total. The van der Waals surface area contributed by atoms with E-state index in [-0.39, 0.29) is 0 Å². The molecule has 0 heterocycles. The number of rotatable bonds is 29. The number of halogens is 1. The largest absolute Gasteiger partial charge is 0.497 e. The topological polar surface area (TPSA) is 125 Å². The highest BCUT2D eigenvalue weighted by Gasteiger charge is 2.23. The van der Waals surface area contributed by atoms with Gasteiger partial charge >= 0.3 is 16.2 Å². The van der Waals surface area contributed by atoms with Gasteiger partial charge in [0.1, 0.15) is 34.5 Å². The fourth-order valence-corrected chi connectivity index (χ4v) is 9.60. The van der Waals surface area contributed by atoms with E-state index in [9.17, 15) is 4.57 Å². The van der Waals surface area contributed by atoms with Gasteiger partial charge in [0.25, 0.3) is 0 Å². The van der Waals surface area contributed by atoms with Gasteiger partial charge in [0.2, 0.25) is 0 Å². The van der Waals surface area contributed by atoms with Gasteiger partial charge in [0.15, 0.2) is 0 Å². The van der Waals surface area contributed by atoms with Crippen molar-refractivity contribution in [2.75, 3.05) is 96.0 Å². The lowest BCUT2D eigenvalue weighted by Crippen LogP contribution is -2.10. The van der Waals surface area contributed by atoms with Crippen LogP contribution in [0.25, 0.3) is 0 Å². The second-order valence-corrected chi connectivity index (χ2v) is 19.4. The van der Waals surface area contributed by atoms with E-state index < -0.39 is 16.2 Å². The molecule has 396 valence electrons. The van der Waals surface area contributed by atoms with Gasteiger partial charge in [-0.25, -0.2) is 0 Å². The van der Waals surface area contributed by atoms with Crippen LogP contribution >= 0.6 is 32.1 Å². The van der Waals surface area contributed by atoms with Crippen molar-refractivity contribution in [2.45, 2.75) is 47.5 Å². The Balaban J connectivity index is 0.000000271. The summed E-state index contributed by atoms with van der Waals surface area (Å²) in [4.78, 5) is 4.32. The number of hydrogen-bond donors (Lipinski definition) is 0. The maximum atomic E-state index is 12.6. The van der Waals surface area contributed by atoms with Crippen LogP contribution in [0.1, 0.15) is 47.5 Å². The van der Waals surface area contributed by atoms with Crippen LogP contribution in [0.15, 0.2) is 146 Å². The minimum absolute atomic E-state index is 0.329. The van der Waals surface area contributed by atoms with Crippen LogP contribution in [0.4, 0.5) is 34.1 Å². The molecule has 6 rings (SSSR count). The Bertz CT molecular complexity index is 2300. The van der Waals surface area contributed by atoms with Crippen molar-refractivity contribution in [1.82, 2.24) is 0 Å². The molecule has 0 fully saturated rings. The van der Waals surface area contributed by atoms with Crippen molar-refractivity contribution in [3.63, 3.8) is 0 Å². The fourth-order valence-electron chi connectivity index (χ4n) is 6.88. The van der Waals surface area contributed by atoms with Crippen molar-refractivity contribution in [3.8, 4) is 34.5 Å². The lowest BCUT2D eigenvalue weighted by atomic mass is 10.2. The molecule has 17 heteroatoms. The predicted octanol–water partition coefficient (Wildman–Crippen LogP) is 15.9. The van der Waals surface area contributed by atoms with E-state index in [2.05, 4.69) is 37.9 Å². The zero-order chi connectivity index (χ0) is 52.7. The number of methoxy groups -OCH3 is 4. The standard InChI is InChI=1S/C27H34NO6P.C23H24BrNO3.C6H15O3P/c1-5-33-35(29,34-6-2)21-7-20-32-27-18-12-24(13-19-27)28(22-8-14-25(30-3)15-9-22)23-10-16-26(31-4)17-11-23;1-26-21-10-4-18(5-11-21)25(19-6-12-22(27-2)13-7-19)20-8-14-23(15-9-20)28-17-3-16-24;1-4-7-10(8-5-2)9-6-3/h8-19H,5-7,20-21H2,1-4H3;4-15H,3,16-17H2,1-2H3;4-6H2,1-3H3. The molecule has 0 amide bonds. The number of nitrogens with zero attached hydrogens (tertiary/aromatic N) is 2. The Labute approximate surface area is 443 Å². The number of anilines is 6. The molecule has 6 aromatic carbocycles. The van der Waals surface area contributed by atoms with E-state index >= 15 is 0 Å². The van der Waals surface area contributed by atoms with Crippen molar-refractivity contribution in [3.05, 3.63) is 146 Å². The molecule has 0 aliphatic rings. The molecule has 0 atom stereocenters. The smallest absolute Gasteiger partial charge is 0.332 e. The minimum atomic E-state index is -3.05. The van der Waals surface area contributed by atoms with E-state index in [1.165, 1.54) is 0 Å². The summed E-state index contributed by atoms with van der Waals surface area (Å²) in [5.74, 6) is 4.86. The highest BCUT2D eigenvalue weighted by Crippen LogP contribution is 2.48. The van der Waals surface area contributed by atoms with Crippen molar-refractivity contribution in [1.29, 1.82) is 0 Å². The lowest BCUT2D eigenvalue weighted by Gasteiger charge is -2.26. The monoisotopic (exact) mass is 1110 g/mol. The SMILES string of the molecule is CCOP(=O)(CCCOc1ccc(N(c2ccc(OC)cc2)c2ccc(OC)cc2)cc1)OCC.CCOP(OCC)OCC.COc1ccc(N(c2ccc(OC)cc2)c2ccc(OCCCBr)cc2)cc1. The van der Waals surface area contributed by atoms with Crippen LogP contribution < -0.4 is 38.2 Å². The number of ether oxygens (including phenoxy) is 6. The Morgan fingerprint density at radius 2 is 0.658 bits per heavy atom. The van der Waals surface area contributed by atoms with Crippen LogP contribution in [-0.4, -0.2) is 86.2 Å². The summed E-state index contributed by atoms with van der Waals surface area (Å²) in [6, 6.07) is 47.9. The highest BCUT2D eigenvalue weighted by molar-refractivity contribution is 9.09. The minimum Gasteiger partial charge on any atom is -0.497 e. The second kappa shape index (κ2) is 34.2. The fraction of sp³-hybridized carbons (Fsp3) is 0.357. The summed E-state index contributed by atoms with van der Waals surface area (Å²) < 4.78 is 71.6. The quantitative estimate of drug-likeness (QED) is 0.0251. The molecule has 0 radical (unpaired) electrons. The molecule has 73 heavy (non-hydrogen) atoms. The van der Waals surface area contributed by atoms with E-state index in [4.69, 9.17) is 51.0 Å². The molecule has 14 nitrogen and oxygen atoms in total. The summed E-state index contributed by atoms with van der Waals surface area (Å²) in [6.45, 7) is 13.2. The maximum Gasteiger partial charge on any atom is 0.332 e. The molecule has 0 spiro atoms. The molecule has 0 unspecified atom stereocenters. The number of benzene rings is 6. The third-order valence-electron chi connectivity index (χ3n) is 10.3. The van der Waals surface area contributed by atoms with E-state index in [0.717, 1.165) is 80.4 Å². The Morgan fingerprint density at radius 1 is 0.397 bits per heavy atom. The molecular formula is C56H73BrN2O12P2. The Hall–Kier alpha value is -5.34. The van der Waals surface area contributed by atoms with Crippen molar-refractivity contribution >= 4 is 66.3 Å². The molecule has 0 aliphatic heterocycles. The highest BCUT2D eigenvalue weighted by atomic mass is 79.9. The molecule has 0 aliphatic carbocycles. The average Bonchev–Trinajstić information content (AvgIpc) is 3.42. The van der Waals surface area contributed by atoms with E-state index in [1.807, 2.05) is 168 Å². The number of alkyl halides is 1. The normalized spacial score (nSPS) is 10.8. The maximum absolute atomic E-state index is 12.6. The Morgan fingerprint density at radius 3 is 0.890 bits per heavy atom. The van der Waals surface area contributed by atoms with Gasteiger partial charge in [-0.2, -0.15) is 0 Å². The van der Waals surface area contributed by atoms with Gasteiger partial charge in [-0.1, -0.05) is 15.9 Å². The van der Waals surface area contributed by atoms with Gasteiger partial charge in [-0.05, 0) is 193 Å². The van der Waals surface area contributed by atoms with Gasteiger partial charge < -0.3 is 60.8 Å². The van der Waals surface area contributed by atoms with Crippen molar-refractivity contribution in [2.24, 2.45) is 0 Å². The average molecular weight is 1110 g/mol. The zero-order valence-electron chi connectivity index (χ0n) is 43.7. The van der Waals surface area contributed by atoms with E-state index in [0.29, 0.717) is 58.8 Å². The lowest BCUT2D eigenvalue weighted by molar-refractivity contribution is 0.176. The molecular weight excluding hydrogens is 1030 g/mol. The van der Waals surface area contributed by atoms with Gasteiger partial charge in [0.05, 0.1) is 80.8 Å². The molecule has 0 bridgehead atoms. The van der Waals surface area contributed by atoms with E-state index in [1.54, 1.807) is 28.4 Å². The first-order chi connectivity index (χ1) is 35.6. The molecule has 0 aromatic heterocycles. The molecule has 6 aromatic rings. The predicted molar refractivity (Wildman–Crippen MR) is 300 cm³/mol. The zero-order valence-corrected chi connectivity index (χ0v) is 47.1. The van der Waals surface area contributed by atoms with Crippen LogP contribution in [-0.2, 0) is 27.2 Å². The number of hydrogen-bond acceptors (Lipinski definition) is 14. The van der Waals surface area contributed by atoms with Crippen LogP contribution in [0, 0.1) is 0 Å². The summed E-state index contributed by atoms with van der Waals surface area (Å²) in [5, 5.41) is 0.938. The summed E-state index contributed by atoms with van der Waals surface area (Å²) in [6.07, 6.45) is 1.88. The van der Waals surface area contributed by atoms with Crippen molar-refractivity contribution < 1.29 is 55.6 Å². The van der Waals surface area contributed by atoms with Crippen LogP contribution in [0.2, 0.25) is 0 Å². The molecule has 0 saturated heterocycles. The van der Waals surface area contributed by atoms with Gasteiger partial charge in [-0.3, -0.25) is 4.57 Å². The van der Waals surface area contributed by atoms with Crippen LogP contribution in [0.5, 0.6) is 34.5 Å². The summed E-state index contributed by atoms with van der Waals surface area (Å²) in [7, 11) is 2.54. The van der Waals surface area contributed by atoms with Gasteiger partial charge in [-0.15, -0.1) is 0 Å². The Kier molecular flexibility index (Phi) is 28.2. The third kappa shape index (κ3) is 20.5. The first-order valence-corrected chi connectivity index (χ1v) is 28.3. The van der Waals surface area contributed by atoms with Crippen LogP contribution in [0.3, 0.4) is 0 Å². The third-order valence-corrected chi connectivity index (χ3v) is 14.4. The second-order valence-electron chi connectivity index (χ2n) is 15.2. The summed E-state index contributed by atoms with van der Waals surface area (Å²) in [5.41, 5.74) is 6.09. The molecule has 0 saturated carbocycles. The van der Waals surface area contributed by atoms with Gasteiger partial charge in [0, 0.05) is 39.5 Å². The summed E-state index contributed by atoms with van der Waals surface area (Å²) >= 11 is 3.42. The first-order valence-electron chi connectivity index (χ1n) is 24.4. The first kappa shape index (κ1) is 60.2.